The Balaban J connectivity index is 1.67. The molecule has 0 bridgehead atoms. The van der Waals surface area contributed by atoms with Gasteiger partial charge in [0, 0.05) is 12.0 Å². The Morgan fingerprint density at radius 2 is 1.52 bits per heavy atom. The highest BCUT2D eigenvalue weighted by atomic mass is 16.6. The third kappa shape index (κ3) is 4.35. The maximum Gasteiger partial charge on any atom is 0.292 e. The van der Waals surface area contributed by atoms with Crippen LogP contribution in [0.3, 0.4) is 0 Å². The number of carbonyl (C=O) groups excluding carboxylic acids is 1. The number of rotatable bonds is 3. The first-order chi connectivity index (χ1) is 12.2. The number of carbonyl (C=O) groups is 1. The van der Waals surface area contributed by atoms with Crippen LogP contribution in [0.25, 0.3) is 0 Å². The van der Waals surface area contributed by atoms with Gasteiger partial charge in [0.25, 0.3) is 5.69 Å². The second-order valence-corrected chi connectivity index (χ2v) is 6.79. The summed E-state index contributed by atoms with van der Waals surface area (Å²) in [6.45, 7) is 0. The standard InChI is InChI=1S/C20H24N2O3/c23-20(21-17-13-9-10-14-18(17)22(24)25)19-15-11-7-5-3-1-2-4-6-8-12-16(15)19/h3-6,9-10,13-16,19H,1-2,7-8,11-12H2,(H,21,23)/b5-3-,6-4+. The first kappa shape index (κ1) is 17.4. The molecule has 1 fully saturated rings. The molecule has 0 radical (unpaired) electrons. The molecule has 2 aliphatic carbocycles. The van der Waals surface area contributed by atoms with Crippen LogP contribution in [-0.4, -0.2) is 10.8 Å². The van der Waals surface area contributed by atoms with E-state index in [0.717, 1.165) is 38.5 Å². The summed E-state index contributed by atoms with van der Waals surface area (Å²) < 4.78 is 0. The van der Waals surface area contributed by atoms with Gasteiger partial charge in [-0.1, -0.05) is 36.4 Å². The van der Waals surface area contributed by atoms with Gasteiger partial charge in [-0.3, -0.25) is 14.9 Å². The summed E-state index contributed by atoms with van der Waals surface area (Å²) in [5, 5.41) is 13.9. The Morgan fingerprint density at radius 3 is 2.12 bits per heavy atom. The molecule has 0 saturated heterocycles. The molecule has 5 heteroatoms. The highest BCUT2D eigenvalue weighted by molar-refractivity contribution is 5.96. The van der Waals surface area contributed by atoms with Crippen molar-refractivity contribution in [2.45, 2.75) is 38.5 Å². The van der Waals surface area contributed by atoms with Crippen molar-refractivity contribution in [1.29, 1.82) is 0 Å². The van der Waals surface area contributed by atoms with Crippen LogP contribution >= 0.6 is 0 Å². The van der Waals surface area contributed by atoms with E-state index >= 15 is 0 Å². The average Bonchev–Trinajstić information content (AvgIpc) is 3.27. The maximum absolute atomic E-state index is 12.7. The largest absolute Gasteiger partial charge is 0.320 e. The summed E-state index contributed by atoms with van der Waals surface area (Å²) in [6, 6.07) is 6.32. The fourth-order valence-electron chi connectivity index (χ4n) is 3.82. The quantitative estimate of drug-likeness (QED) is 0.485. The highest BCUT2D eigenvalue weighted by Gasteiger charge is 2.53. The van der Waals surface area contributed by atoms with E-state index in [4.69, 9.17) is 0 Å². The molecule has 0 heterocycles. The summed E-state index contributed by atoms with van der Waals surface area (Å²) in [4.78, 5) is 23.3. The van der Waals surface area contributed by atoms with Crippen LogP contribution in [0.1, 0.15) is 38.5 Å². The van der Waals surface area contributed by atoms with Crippen molar-refractivity contribution in [2.24, 2.45) is 17.8 Å². The van der Waals surface area contributed by atoms with Crippen molar-refractivity contribution in [1.82, 2.24) is 0 Å². The molecule has 0 aliphatic heterocycles. The molecule has 0 aromatic heterocycles. The molecule has 1 aromatic rings. The van der Waals surface area contributed by atoms with Gasteiger partial charge in [0.05, 0.1) is 4.92 Å². The smallest absolute Gasteiger partial charge is 0.292 e. The van der Waals surface area contributed by atoms with Gasteiger partial charge in [-0.15, -0.1) is 0 Å². The summed E-state index contributed by atoms with van der Waals surface area (Å²) in [5.74, 6) is 0.676. The third-order valence-electron chi connectivity index (χ3n) is 5.16. The Morgan fingerprint density at radius 1 is 0.960 bits per heavy atom. The molecule has 1 saturated carbocycles. The molecule has 5 nitrogen and oxygen atoms in total. The van der Waals surface area contributed by atoms with Gasteiger partial charge in [0.15, 0.2) is 0 Å². The van der Waals surface area contributed by atoms with Crippen LogP contribution in [-0.2, 0) is 4.79 Å². The molecule has 132 valence electrons. The molecular formula is C20H24N2O3. The van der Waals surface area contributed by atoms with Crippen LogP contribution in [0.4, 0.5) is 11.4 Å². The number of hydrogen-bond donors (Lipinski definition) is 1. The lowest BCUT2D eigenvalue weighted by atomic mass is 10.1. The van der Waals surface area contributed by atoms with E-state index in [0.29, 0.717) is 17.5 Å². The summed E-state index contributed by atoms with van der Waals surface area (Å²) in [6.07, 6.45) is 15.0. The maximum atomic E-state index is 12.7. The number of amides is 1. The van der Waals surface area contributed by atoms with Crippen LogP contribution in [0.2, 0.25) is 0 Å². The predicted octanol–water partition coefficient (Wildman–Crippen LogP) is 4.86. The van der Waals surface area contributed by atoms with Crippen LogP contribution < -0.4 is 5.32 Å². The van der Waals surface area contributed by atoms with Crippen LogP contribution in [0, 0.1) is 27.9 Å². The van der Waals surface area contributed by atoms with E-state index in [1.807, 2.05) is 0 Å². The zero-order chi connectivity index (χ0) is 17.6. The van der Waals surface area contributed by atoms with Crippen molar-refractivity contribution in [3.63, 3.8) is 0 Å². The molecule has 3 unspecified atom stereocenters. The Kier molecular flexibility index (Phi) is 5.64. The number of para-hydroxylation sites is 2. The zero-order valence-electron chi connectivity index (χ0n) is 14.3. The van der Waals surface area contributed by atoms with Gasteiger partial charge in [0.1, 0.15) is 5.69 Å². The fraction of sp³-hybridized carbons (Fsp3) is 0.450. The number of hydrogen-bond acceptors (Lipinski definition) is 3. The minimum absolute atomic E-state index is 0.0256. The fourth-order valence-corrected chi connectivity index (χ4v) is 3.82. The van der Waals surface area contributed by atoms with E-state index in [1.165, 1.54) is 6.07 Å². The van der Waals surface area contributed by atoms with Crippen molar-refractivity contribution in [3.05, 3.63) is 58.7 Å². The van der Waals surface area contributed by atoms with Crippen molar-refractivity contribution in [2.75, 3.05) is 5.32 Å². The average molecular weight is 340 g/mol. The van der Waals surface area contributed by atoms with Gasteiger partial charge in [-0.25, -0.2) is 0 Å². The van der Waals surface area contributed by atoms with Crippen molar-refractivity contribution in [3.8, 4) is 0 Å². The minimum atomic E-state index is -0.456. The normalized spacial score (nSPS) is 28.6. The molecule has 3 atom stereocenters. The predicted molar refractivity (Wildman–Crippen MR) is 98.2 cm³/mol. The SMILES string of the molecule is O=C(Nc1ccccc1[N+](=O)[O-])C1C2CC/C=C\CC/C=C/CCC21. The molecule has 1 N–H and O–H groups in total. The second kappa shape index (κ2) is 8.10. The Bertz CT molecular complexity index is 672. The lowest BCUT2D eigenvalue weighted by molar-refractivity contribution is -0.383. The van der Waals surface area contributed by atoms with Gasteiger partial charge in [-0.2, -0.15) is 0 Å². The molecule has 3 rings (SSSR count). The third-order valence-corrected chi connectivity index (χ3v) is 5.16. The van der Waals surface area contributed by atoms with Crippen LogP contribution in [0.5, 0.6) is 0 Å². The number of anilines is 1. The highest BCUT2D eigenvalue weighted by Crippen LogP contribution is 2.52. The lowest BCUT2D eigenvalue weighted by Gasteiger charge is -2.05. The second-order valence-electron chi connectivity index (χ2n) is 6.79. The van der Waals surface area contributed by atoms with Gasteiger partial charge < -0.3 is 5.32 Å². The first-order valence-electron chi connectivity index (χ1n) is 9.03. The number of allylic oxidation sites excluding steroid dienone is 4. The number of nitro groups is 1. The molecule has 2 aliphatic rings. The molecule has 1 amide bonds. The first-order valence-corrected chi connectivity index (χ1v) is 9.03. The molecule has 25 heavy (non-hydrogen) atoms. The van der Waals surface area contributed by atoms with Gasteiger partial charge >= 0.3 is 0 Å². The van der Waals surface area contributed by atoms with E-state index in [9.17, 15) is 14.9 Å². The molecule has 1 aromatic carbocycles. The zero-order valence-corrected chi connectivity index (χ0v) is 14.3. The number of fused-ring (bicyclic) bond motifs is 1. The Hall–Kier alpha value is -2.43. The van der Waals surface area contributed by atoms with E-state index in [-0.39, 0.29) is 17.5 Å². The number of benzene rings is 1. The van der Waals surface area contributed by atoms with Crippen molar-refractivity contribution >= 4 is 17.3 Å². The number of nitrogens with zero attached hydrogens (tertiary/aromatic N) is 1. The van der Waals surface area contributed by atoms with E-state index in [2.05, 4.69) is 29.6 Å². The van der Waals surface area contributed by atoms with Gasteiger partial charge in [0.2, 0.25) is 5.91 Å². The Labute approximate surface area is 148 Å². The summed E-state index contributed by atoms with van der Waals surface area (Å²) in [5.41, 5.74) is 0.237. The topological polar surface area (TPSA) is 72.2 Å². The summed E-state index contributed by atoms with van der Waals surface area (Å²) in [7, 11) is 0. The minimum Gasteiger partial charge on any atom is -0.320 e. The molecule has 0 spiro atoms. The van der Waals surface area contributed by atoms with Gasteiger partial charge in [-0.05, 0) is 56.4 Å². The lowest BCUT2D eigenvalue weighted by Crippen LogP contribution is -2.16. The van der Waals surface area contributed by atoms with E-state index < -0.39 is 4.92 Å². The molecular weight excluding hydrogens is 316 g/mol. The van der Waals surface area contributed by atoms with Crippen molar-refractivity contribution < 1.29 is 9.72 Å². The van der Waals surface area contributed by atoms with Crippen LogP contribution in [0.15, 0.2) is 48.6 Å². The number of nitrogens with one attached hydrogen (secondary N) is 1. The monoisotopic (exact) mass is 340 g/mol. The number of nitro benzene ring substituents is 1. The summed E-state index contributed by atoms with van der Waals surface area (Å²) >= 11 is 0. The van der Waals surface area contributed by atoms with E-state index in [1.54, 1.807) is 18.2 Å².